The molecule has 6 aromatic rings. The summed E-state index contributed by atoms with van der Waals surface area (Å²) >= 11 is 0. The topological polar surface area (TPSA) is 99.8 Å². The smallest absolute Gasteiger partial charge is 0.334 e. The molecule has 1 N–H and O–H groups in total. The first-order valence-corrected chi connectivity index (χ1v) is 10.7. The van der Waals surface area contributed by atoms with Gasteiger partial charge in [-0.3, -0.25) is 9.55 Å². The fraction of sp³-hybridized carbons (Fsp3) is 0.120. The third-order valence-corrected chi connectivity index (χ3v) is 6.18. The molecule has 0 saturated carbocycles. The number of pyridine rings is 2. The van der Waals surface area contributed by atoms with E-state index < -0.39 is 11.5 Å². The number of aromatic amines is 1. The van der Waals surface area contributed by atoms with Crippen LogP contribution in [0.25, 0.3) is 49.9 Å². The Morgan fingerprint density at radius 1 is 0.971 bits per heavy atom. The molecule has 4 aromatic heterocycles. The van der Waals surface area contributed by atoms with E-state index in [2.05, 4.69) is 19.9 Å². The Morgan fingerprint density at radius 3 is 2.60 bits per heavy atom. The van der Waals surface area contributed by atoms with Crippen molar-refractivity contribution in [1.82, 2.24) is 29.1 Å². The summed E-state index contributed by atoms with van der Waals surface area (Å²) < 4.78 is 28.5. The van der Waals surface area contributed by atoms with Crippen molar-refractivity contribution in [1.29, 1.82) is 0 Å². The van der Waals surface area contributed by atoms with Crippen LogP contribution in [0.5, 0.6) is 11.5 Å². The number of aromatic nitrogens is 6. The van der Waals surface area contributed by atoms with Crippen LogP contribution in [0.1, 0.15) is 0 Å². The lowest BCUT2D eigenvalue weighted by atomic mass is 10.0. The minimum Gasteiger partial charge on any atom is -0.496 e. The molecule has 0 unspecified atom stereocenters. The Bertz CT molecular complexity index is 1840. The summed E-state index contributed by atoms with van der Waals surface area (Å²) in [5.41, 5.74) is 4.58. The fourth-order valence-corrected chi connectivity index (χ4v) is 4.41. The third kappa shape index (κ3) is 3.07. The number of aryl methyl sites for hydroxylation is 1. The first-order chi connectivity index (χ1) is 17.0. The Hall–Kier alpha value is -4.73. The largest absolute Gasteiger partial charge is 0.496 e. The minimum absolute atomic E-state index is 0.120. The van der Waals surface area contributed by atoms with Gasteiger partial charge in [0.05, 0.1) is 60.5 Å². The first kappa shape index (κ1) is 20.8. The highest BCUT2D eigenvalue weighted by molar-refractivity contribution is 6.06. The van der Waals surface area contributed by atoms with Crippen LogP contribution in [0, 0.1) is 5.82 Å². The average Bonchev–Trinajstić information content (AvgIpc) is 3.45. The number of ether oxygens (including phenoxy) is 2. The van der Waals surface area contributed by atoms with Crippen LogP contribution in [0.15, 0.2) is 59.9 Å². The van der Waals surface area contributed by atoms with Crippen LogP contribution in [0.2, 0.25) is 0 Å². The van der Waals surface area contributed by atoms with Gasteiger partial charge >= 0.3 is 5.69 Å². The van der Waals surface area contributed by atoms with Gasteiger partial charge < -0.3 is 14.5 Å². The van der Waals surface area contributed by atoms with E-state index in [1.807, 2.05) is 24.3 Å². The maximum absolute atomic E-state index is 15.1. The summed E-state index contributed by atoms with van der Waals surface area (Å²) in [6.45, 7) is 0. The molecule has 0 aliphatic heterocycles. The molecule has 0 bridgehead atoms. The second-order valence-electron chi connectivity index (χ2n) is 8.05. The van der Waals surface area contributed by atoms with Crippen molar-refractivity contribution in [2.45, 2.75) is 0 Å². The molecule has 174 valence electrons. The van der Waals surface area contributed by atoms with Crippen LogP contribution < -0.4 is 15.2 Å². The Labute approximate surface area is 197 Å². The molecule has 0 spiro atoms. The lowest BCUT2D eigenvalue weighted by molar-refractivity contribution is 0.408. The monoisotopic (exact) mass is 470 g/mol. The highest BCUT2D eigenvalue weighted by atomic mass is 19.1. The first-order valence-electron chi connectivity index (χ1n) is 10.7. The summed E-state index contributed by atoms with van der Waals surface area (Å²) in [6.07, 6.45) is 4.60. The number of hydrogen-bond donors (Lipinski definition) is 1. The summed E-state index contributed by atoms with van der Waals surface area (Å²) in [6, 6.07) is 10.7. The lowest BCUT2D eigenvalue weighted by Crippen LogP contribution is -2.22. The zero-order valence-electron chi connectivity index (χ0n) is 19.0. The van der Waals surface area contributed by atoms with Gasteiger partial charge in [-0.25, -0.2) is 23.7 Å². The molecule has 10 heteroatoms. The predicted molar refractivity (Wildman–Crippen MR) is 130 cm³/mol. The van der Waals surface area contributed by atoms with E-state index in [4.69, 9.17) is 9.47 Å². The molecule has 0 fully saturated rings. The summed E-state index contributed by atoms with van der Waals surface area (Å²) in [4.78, 5) is 29.4. The highest BCUT2D eigenvalue weighted by Gasteiger charge is 2.21. The number of halogens is 1. The van der Waals surface area contributed by atoms with Crippen LogP contribution in [-0.2, 0) is 7.05 Å². The maximum Gasteiger partial charge on any atom is 0.334 e. The van der Waals surface area contributed by atoms with E-state index in [-0.39, 0.29) is 11.6 Å². The predicted octanol–water partition coefficient (Wildman–Crippen LogP) is 3.97. The normalized spacial score (nSPS) is 11.5. The second-order valence-corrected chi connectivity index (χ2v) is 8.05. The Kier molecular flexibility index (Phi) is 4.56. The number of fused-ring (bicyclic) bond motifs is 4. The molecule has 0 aliphatic rings. The van der Waals surface area contributed by atoms with Crippen LogP contribution in [-0.4, -0.2) is 43.3 Å². The molecule has 0 saturated heterocycles. The van der Waals surface area contributed by atoms with Crippen molar-refractivity contribution >= 4 is 33.0 Å². The van der Waals surface area contributed by atoms with Crippen molar-refractivity contribution in [3.05, 3.63) is 71.4 Å². The molecule has 0 radical (unpaired) electrons. The summed E-state index contributed by atoms with van der Waals surface area (Å²) in [5.74, 6) is 0.0709. The number of nitrogens with one attached hydrogen (secondary N) is 1. The number of hydrogen-bond acceptors (Lipinski definition) is 6. The maximum atomic E-state index is 15.1. The van der Waals surface area contributed by atoms with Gasteiger partial charge in [0.1, 0.15) is 11.5 Å². The number of imidazole rings is 2. The minimum atomic E-state index is -0.678. The number of methoxy groups -OCH3 is 2. The molecular weight excluding hydrogens is 451 g/mol. The van der Waals surface area contributed by atoms with Gasteiger partial charge in [0.15, 0.2) is 11.6 Å². The van der Waals surface area contributed by atoms with E-state index >= 15 is 4.39 Å². The van der Waals surface area contributed by atoms with Crippen molar-refractivity contribution in [2.75, 3.05) is 14.2 Å². The standard InChI is InChI=1S/C25H19FN6O3/c1-31-21-11-27-19-9-22(35-3)15(13-4-5-18-20(6-13)30-12-29-18)8-16(19)23(21)32(25(31)33)24-17(26)7-14(34-2)10-28-24/h4-12H,1-3H3,(H,29,30). The number of benzene rings is 2. The second kappa shape index (κ2) is 7.66. The lowest BCUT2D eigenvalue weighted by Gasteiger charge is -2.12. The van der Waals surface area contributed by atoms with E-state index in [0.29, 0.717) is 27.7 Å². The van der Waals surface area contributed by atoms with Crippen LogP contribution in [0.4, 0.5) is 4.39 Å². The van der Waals surface area contributed by atoms with E-state index in [9.17, 15) is 4.79 Å². The molecule has 4 heterocycles. The van der Waals surface area contributed by atoms with Gasteiger partial charge in [0, 0.05) is 30.1 Å². The number of nitrogens with zero attached hydrogens (tertiary/aromatic N) is 5. The van der Waals surface area contributed by atoms with Crippen molar-refractivity contribution in [3.63, 3.8) is 0 Å². The average molecular weight is 470 g/mol. The fourth-order valence-electron chi connectivity index (χ4n) is 4.41. The van der Waals surface area contributed by atoms with Crippen LogP contribution in [0.3, 0.4) is 0 Å². The number of rotatable bonds is 4. The van der Waals surface area contributed by atoms with Gasteiger partial charge in [-0.1, -0.05) is 6.07 Å². The SMILES string of the molecule is COc1cnc(-n2c(=O)n(C)c3cnc4cc(OC)c(-c5ccc6nc[nH]c6c5)cc4c32)c(F)c1. The van der Waals surface area contributed by atoms with E-state index in [0.717, 1.165) is 22.2 Å². The van der Waals surface area contributed by atoms with Gasteiger partial charge in [-0.05, 0) is 23.8 Å². The van der Waals surface area contributed by atoms with Gasteiger partial charge in [-0.2, -0.15) is 0 Å². The number of H-pyrrole nitrogens is 1. The van der Waals surface area contributed by atoms with Gasteiger partial charge in [0.25, 0.3) is 0 Å². The quantitative estimate of drug-likeness (QED) is 0.419. The summed E-state index contributed by atoms with van der Waals surface area (Å²) in [7, 11) is 4.63. The molecule has 0 atom stereocenters. The molecule has 2 aromatic carbocycles. The molecule has 9 nitrogen and oxygen atoms in total. The van der Waals surface area contributed by atoms with E-state index in [1.165, 1.54) is 28.5 Å². The molecule has 0 amide bonds. The van der Waals surface area contributed by atoms with Crippen molar-refractivity contribution < 1.29 is 13.9 Å². The summed E-state index contributed by atoms with van der Waals surface area (Å²) in [5, 5.41) is 0.651. The molecule has 35 heavy (non-hydrogen) atoms. The highest BCUT2D eigenvalue weighted by Crippen LogP contribution is 2.37. The van der Waals surface area contributed by atoms with E-state index in [1.54, 1.807) is 32.7 Å². The Morgan fingerprint density at radius 2 is 1.83 bits per heavy atom. The van der Waals surface area contributed by atoms with Gasteiger partial charge in [0.2, 0.25) is 0 Å². The Balaban J connectivity index is 1.70. The third-order valence-electron chi connectivity index (χ3n) is 6.18. The zero-order valence-corrected chi connectivity index (χ0v) is 19.0. The molecule has 0 aliphatic carbocycles. The van der Waals surface area contributed by atoms with Gasteiger partial charge in [-0.15, -0.1) is 0 Å². The van der Waals surface area contributed by atoms with Crippen LogP contribution >= 0.6 is 0 Å². The van der Waals surface area contributed by atoms with Crippen molar-refractivity contribution in [3.8, 4) is 28.4 Å². The molecular formula is C25H19FN6O3. The van der Waals surface area contributed by atoms with Crippen molar-refractivity contribution in [2.24, 2.45) is 7.05 Å². The molecule has 6 rings (SSSR count). The zero-order chi connectivity index (χ0) is 24.3.